The number of carbonyl (C=O) groups is 1. The molecule has 0 saturated heterocycles. The van der Waals surface area contributed by atoms with E-state index in [2.05, 4.69) is 0 Å². The van der Waals surface area contributed by atoms with Crippen LogP contribution in [0, 0.1) is 24.0 Å². The van der Waals surface area contributed by atoms with E-state index in [1.54, 1.807) is 26.0 Å². The maximum Gasteiger partial charge on any atom is 0.335 e. The van der Waals surface area contributed by atoms with Crippen molar-refractivity contribution in [2.24, 2.45) is 0 Å². The third-order valence-electron chi connectivity index (χ3n) is 2.91. The van der Waals surface area contributed by atoms with Crippen molar-refractivity contribution in [3.05, 3.63) is 63.2 Å². The molecule has 0 aliphatic heterocycles. The van der Waals surface area contributed by atoms with Gasteiger partial charge in [-0.2, -0.15) is 0 Å². The van der Waals surface area contributed by atoms with E-state index in [4.69, 9.17) is 9.84 Å². The van der Waals surface area contributed by atoms with Crippen molar-refractivity contribution in [1.82, 2.24) is 0 Å². The van der Waals surface area contributed by atoms with Gasteiger partial charge in [0.25, 0.3) is 5.69 Å². The molecule has 0 aromatic heterocycles. The molecule has 0 aliphatic carbocycles. The van der Waals surface area contributed by atoms with E-state index in [0.717, 1.165) is 0 Å². The summed E-state index contributed by atoms with van der Waals surface area (Å²) in [5.41, 5.74) is 1.40. The van der Waals surface area contributed by atoms with E-state index >= 15 is 0 Å². The van der Waals surface area contributed by atoms with Gasteiger partial charge in [0, 0.05) is 6.07 Å². The maximum absolute atomic E-state index is 10.9. The molecule has 0 heterocycles. The SMILES string of the molecule is Cc1cc(Oc2ccc(C(=O)O)c(C)c2)cc([N+](=O)[O-])c1. The molecule has 2 rings (SSSR count). The Morgan fingerprint density at radius 3 is 2.43 bits per heavy atom. The number of nitrogens with zero attached hydrogens (tertiary/aromatic N) is 1. The summed E-state index contributed by atoms with van der Waals surface area (Å²) in [7, 11) is 0. The summed E-state index contributed by atoms with van der Waals surface area (Å²) in [5, 5.41) is 19.8. The second kappa shape index (κ2) is 5.62. The van der Waals surface area contributed by atoms with Gasteiger partial charge in [-0.25, -0.2) is 4.79 Å². The van der Waals surface area contributed by atoms with Gasteiger partial charge in [-0.15, -0.1) is 0 Å². The first-order valence-electron chi connectivity index (χ1n) is 6.14. The van der Waals surface area contributed by atoms with Gasteiger partial charge >= 0.3 is 5.97 Å². The van der Waals surface area contributed by atoms with Crippen LogP contribution < -0.4 is 4.74 Å². The molecule has 2 aromatic rings. The molecule has 0 fully saturated rings. The predicted octanol–water partition coefficient (Wildman–Crippen LogP) is 3.70. The van der Waals surface area contributed by atoms with Crippen LogP contribution in [0.3, 0.4) is 0 Å². The Labute approximate surface area is 120 Å². The normalized spacial score (nSPS) is 10.2. The average molecular weight is 287 g/mol. The van der Waals surface area contributed by atoms with Gasteiger partial charge in [0.15, 0.2) is 0 Å². The van der Waals surface area contributed by atoms with Crippen molar-refractivity contribution in [3.8, 4) is 11.5 Å². The van der Waals surface area contributed by atoms with Crippen molar-refractivity contribution >= 4 is 11.7 Å². The zero-order chi connectivity index (χ0) is 15.6. The quantitative estimate of drug-likeness (QED) is 0.684. The topological polar surface area (TPSA) is 89.7 Å². The molecule has 0 aliphatic rings. The second-order valence-corrected chi connectivity index (χ2v) is 4.65. The fourth-order valence-corrected chi connectivity index (χ4v) is 1.97. The van der Waals surface area contributed by atoms with E-state index in [1.807, 2.05) is 0 Å². The molecule has 6 heteroatoms. The molecule has 2 aromatic carbocycles. The summed E-state index contributed by atoms with van der Waals surface area (Å²) in [6.07, 6.45) is 0. The molecule has 0 bridgehead atoms. The van der Waals surface area contributed by atoms with Crippen LogP contribution in [0.25, 0.3) is 0 Å². The molecule has 0 unspecified atom stereocenters. The minimum absolute atomic E-state index is 0.0520. The van der Waals surface area contributed by atoms with Crippen LogP contribution >= 0.6 is 0 Å². The lowest BCUT2D eigenvalue weighted by Gasteiger charge is -2.08. The summed E-state index contributed by atoms with van der Waals surface area (Å²) in [6.45, 7) is 3.40. The molecule has 0 amide bonds. The van der Waals surface area contributed by atoms with Crippen molar-refractivity contribution in [1.29, 1.82) is 0 Å². The van der Waals surface area contributed by atoms with Crippen LogP contribution in [0.15, 0.2) is 36.4 Å². The first kappa shape index (κ1) is 14.5. The van der Waals surface area contributed by atoms with Gasteiger partial charge in [0.1, 0.15) is 11.5 Å². The van der Waals surface area contributed by atoms with Crippen LogP contribution in [0.4, 0.5) is 5.69 Å². The first-order chi connectivity index (χ1) is 9.86. The third kappa shape index (κ3) is 3.36. The molecule has 21 heavy (non-hydrogen) atoms. The number of aryl methyl sites for hydroxylation is 2. The van der Waals surface area contributed by atoms with Gasteiger partial charge in [-0.3, -0.25) is 10.1 Å². The lowest BCUT2D eigenvalue weighted by molar-refractivity contribution is -0.385. The number of nitro groups is 1. The Kier molecular flexibility index (Phi) is 3.89. The van der Waals surface area contributed by atoms with E-state index < -0.39 is 10.9 Å². The number of nitro benzene ring substituents is 1. The fraction of sp³-hybridized carbons (Fsp3) is 0.133. The summed E-state index contributed by atoms with van der Waals surface area (Å²) in [4.78, 5) is 21.3. The molecule has 1 N–H and O–H groups in total. The van der Waals surface area contributed by atoms with Crippen LogP contribution in [0.1, 0.15) is 21.5 Å². The average Bonchev–Trinajstić information content (AvgIpc) is 2.37. The molecule has 0 saturated carbocycles. The highest BCUT2D eigenvalue weighted by Crippen LogP contribution is 2.28. The van der Waals surface area contributed by atoms with Crippen LogP contribution in [-0.2, 0) is 0 Å². The Hall–Kier alpha value is -2.89. The lowest BCUT2D eigenvalue weighted by Crippen LogP contribution is -1.99. The van der Waals surface area contributed by atoms with Gasteiger partial charge in [0.2, 0.25) is 0 Å². The van der Waals surface area contributed by atoms with E-state index in [1.165, 1.54) is 24.3 Å². The standard InChI is InChI=1S/C15H13NO5/c1-9-5-11(16(19)20)8-13(6-9)21-12-3-4-14(15(17)18)10(2)7-12/h3-8H,1-2H3,(H,17,18). The smallest absolute Gasteiger partial charge is 0.335 e. The number of carboxylic acid groups (broad SMARTS) is 1. The van der Waals surface area contributed by atoms with Crippen molar-refractivity contribution in [2.45, 2.75) is 13.8 Å². The Morgan fingerprint density at radius 2 is 1.86 bits per heavy atom. The molecule has 6 nitrogen and oxygen atoms in total. The highest BCUT2D eigenvalue weighted by Gasteiger charge is 2.11. The zero-order valence-corrected chi connectivity index (χ0v) is 11.5. The predicted molar refractivity (Wildman–Crippen MR) is 76.0 cm³/mol. The van der Waals surface area contributed by atoms with Crippen LogP contribution in [-0.4, -0.2) is 16.0 Å². The molecule has 0 spiro atoms. The summed E-state index contributed by atoms with van der Waals surface area (Å²) in [6, 6.07) is 8.99. The third-order valence-corrected chi connectivity index (χ3v) is 2.91. The first-order valence-corrected chi connectivity index (χ1v) is 6.14. The number of carboxylic acids is 1. The summed E-state index contributed by atoms with van der Waals surface area (Å²) >= 11 is 0. The highest BCUT2D eigenvalue weighted by molar-refractivity contribution is 5.89. The molecule has 0 atom stereocenters. The molecular formula is C15H13NO5. The number of hydrogen-bond acceptors (Lipinski definition) is 4. The monoisotopic (exact) mass is 287 g/mol. The van der Waals surface area contributed by atoms with Gasteiger partial charge in [-0.1, -0.05) is 0 Å². The van der Waals surface area contributed by atoms with Crippen LogP contribution in [0.2, 0.25) is 0 Å². The van der Waals surface area contributed by atoms with E-state index in [0.29, 0.717) is 22.6 Å². The minimum Gasteiger partial charge on any atom is -0.478 e. The van der Waals surface area contributed by atoms with Crippen LogP contribution in [0.5, 0.6) is 11.5 Å². The number of rotatable bonds is 4. The summed E-state index contributed by atoms with van der Waals surface area (Å²) < 4.78 is 5.57. The molecular weight excluding hydrogens is 274 g/mol. The second-order valence-electron chi connectivity index (χ2n) is 4.65. The van der Waals surface area contributed by atoms with Gasteiger partial charge < -0.3 is 9.84 Å². The van der Waals surface area contributed by atoms with E-state index in [-0.39, 0.29) is 11.3 Å². The lowest BCUT2D eigenvalue weighted by atomic mass is 10.1. The van der Waals surface area contributed by atoms with Gasteiger partial charge in [-0.05, 0) is 49.2 Å². The number of hydrogen-bond donors (Lipinski definition) is 1. The maximum atomic E-state index is 10.9. The van der Waals surface area contributed by atoms with Crippen molar-refractivity contribution < 1.29 is 19.6 Å². The highest BCUT2D eigenvalue weighted by atomic mass is 16.6. The Balaban J connectivity index is 2.32. The number of aromatic carboxylic acids is 1. The number of benzene rings is 2. The zero-order valence-electron chi connectivity index (χ0n) is 11.5. The largest absolute Gasteiger partial charge is 0.478 e. The van der Waals surface area contributed by atoms with Gasteiger partial charge in [0.05, 0.1) is 16.6 Å². The number of ether oxygens (including phenoxy) is 1. The van der Waals surface area contributed by atoms with Crippen molar-refractivity contribution in [2.75, 3.05) is 0 Å². The summed E-state index contributed by atoms with van der Waals surface area (Å²) in [5.74, 6) is -0.244. The Morgan fingerprint density at radius 1 is 1.14 bits per heavy atom. The minimum atomic E-state index is -1.01. The number of non-ortho nitro benzene ring substituents is 1. The van der Waals surface area contributed by atoms with E-state index in [9.17, 15) is 14.9 Å². The molecule has 108 valence electrons. The van der Waals surface area contributed by atoms with Crippen molar-refractivity contribution in [3.63, 3.8) is 0 Å². The fourth-order valence-electron chi connectivity index (χ4n) is 1.97. The molecule has 0 radical (unpaired) electrons. The Bertz CT molecular complexity index is 724.